The Bertz CT molecular complexity index is 458. The Morgan fingerprint density at radius 2 is 2.06 bits per heavy atom. The van der Waals surface area contributed by atoms with E-state index in [2.05, 4.69) is 61.2 Å². The monoisotopic (exact) mass is 216 g/mol. The molecule has 16 heavy (non-hydrogen) atoms. The van der Waals surface area contributed by atoms with Crippen molar-refractivity contribution in [2.45, 2.75) is 26.3 Å². The summed E-state index contributed by atoms with van der Waals surface area (Å²) >= 11 is 0. The summed E-state index contributed by atoms with van der Waals surface area (Å²) in [7, 11) is 2.18. The number of para-hydroxylation sites is 1. The molecule has 1 aromatic heterocycles. The van der Waals surface area contributed by atoms with Crippen molar-refractivity contribution in [3.05, 3.63) is 36.0 Å². The van der Waals surface area contributed by atoms with E-state index in [9.17, 15) is 0 Å². The summed E-state index contributed by atoms with van der Waals surface area (Å²) in [6.07, 6.45) is 3.25. The highest BCUT2D eigenvalue weighted by Crippen LogP contribution is 2.19. The Morgan fingerprint density at radius 3 is 2.81 bits per heavy atom. The van der Waals surface area contributed by atoms with Gasteiger partial charge in [-0.25, -0.2) is 0 Å². The number of aromatic amines is 1. The first-order valence-corrected chi connectivity index (χ1v) is 5.97. The molecule has 0 saturated carbocycles. The third-order valence-electron chi connectivity index (χ3n) is 3.44. The van der Waals surface area contributed by atoms with Crippen molar-refractivity contribution in [1.29, 1.82) is 0 Å². The van der Waals surface area contributed by atoms with Crippen molar-refractivity contribution < 1.29 is 0 Å². The Balaban J connectivity index is 2.21. The molecule has 1 heterocycles. The summed E-state index contributed by atoms with van der Waals surface area (Å²) in [5, 5.41) is 1.36. The number of nitrogens with one attached hydrogen (secondary N) is 1. The van der Waals surface area contributed by atoms with Crippen molar-refractivity contribution in [2.24, 2.45) is 0 Å². The van der Waals surface area contributed by atoms with Crippen molar-refractivity contribution in [3.63, 3.8) is 0 Å². The second-order valence-electron chi connectivity index (χ2n) is 4.49. The first kappa shape index (κ1) is 11.2. The zero-order valence-electron chi connectivity index (χ0n) is 10.3. The predicted molar refractivity (Wildman–Crippen MR) is 69.8 cm³/mol. The van der Waals surface area contributed by atoms with Gasteiger partial charge in [-0.2, -0.15) is 0 Å². The van der Waals surface area contributed by atoms with Gasteiger partial charge in [-0.3, -0.25) is 0 Å². The molecule has 2 rings (SSSR count). The minimum absolute atomic E-state index is 0.587. The van der Waals surface area contributed by atoms with E-state index < -0.39 is 0 Å². The smallest absolute Gasteiger partial charge is 0.0456 e. The number of rotatable bonds is 4. The Labute approximate surface area is 97.3 Å². The van der Waals surface area contributed by atoms with Crippen molar-refractivity contribution >= 4 is 10.9 Å². The molecule has 0 spiro atoms. The zero-order chi connectivity index (χ0) is 11.5. The van der Waals surface area contributed by atoms with Gasteiger partial charge in [0.05, 0.1) is 0 Å². The predicted octanol–water partition coefficient (Wildman–Crippen LogP) is 3.05. The summed E-state index contributed by atoms with van der Waals surface area (Å²) in [6, 6.07) is 9.09. The molecule has 0 aliphatic carbocycles. The molecule has 1 aromatic carbocycles. The van der Waals surface area contributed by atoms with Crippen LogP contribution in [0, 0.1) is 0 Å². The third kappa shape index (κ3) is 2.12. The molecule has 1 atom stereocenters. The Kier molecular flexibility index (Phi) is 3.30. The van der Waals surface area contributed by atoms with Crippen LogP contribution in [0.15, 0.2) is 30.5 Å². The van der Waals surface area contributed by atoms with Crippen LogP contribution >= 0.6 is 0 Å². The normalized spacial score (nSPS) is 13.5. The fourth-order valence-electron chi connectivity index (χ4n) is 2.09. The van der Waals surface area contributed by atoms with E-state index >= 15 is 0 Å². The maximum absolute atomic E-state index is 3.33. The van der Waals surface area contributed by atoms with E-state index in [1.165, 1.54) is 16.5 Å². The molecule has 0 radical (unpaired) electrons. The van der Waals surface area contributed by atoms with E-state index in [4.69, 9.17) is 0 Å². The van der Waals surface area contributed by atoms with Crippen LogP contribution in [0.4, 0.5) is 0 Å². The summed E-state index contributed by atoms with van der Waals surface area (Å²) in [5.74, 6) is 0. The summed E-state index contributed by atoms with van der Waals surface area (Å²) < 4.78 is 0. The number of likely N-dealkylation sites (N-methyl/N-ethyl adjacent to an activating group) is 1. The van der Waals surface area contributed by atoms with Crippen LogP contribution in [0.3, 0.4) is 0 Å². The first-order chi connectivity index (χ1) is 7.72. The van der Waals surface area contributed by atoms with Crippen LogP contribution in [0.2, 0.25) is 0 Å². The number of benzene rings is 1. The molecule has 0 saturated heterocycles. The molecule has 1 unspecified atom stereocenters. The minimum Gasteiger partial charge on any atom is -0.361 e. The van der Waals surface area contributed by atoms with Gasteiger partial charge in [0.25, 0.3) is 0 Å². The quantitative estimate of drug-likeness (QED) is 0.832. The van der Waals surface area contributed by atoms with Crippen molar-refractivity contribution in [3.8, 4) is 0 Å². The lowest BCUT2D eigenvalue weighted by Crippen LogP contribution is -2.30. The number of hydrogen-bond donors (Lipinski definition) is 1. The van der Waals surface area contributed by atoms with Gasteiger partial charge in [-0.05, 0) is 38.6 Å². The van der Waals surface area contributed by atoms with Gasteiger partial charge in [0.1, 0.15) is 0 Å². The number of nitrogens with zero attached hydrogens (tertiary/aromatic N) is 1. The van der Waals surface area contributed by atoms with Crippen LogP contribution in [-0.4, -0.2) is 29.5 Å². The minimum atomic E-state index is 0.587. The van der Waals surface area contributed by atoms with Crippen LogP contribution < -0.4 is 0 Å². The number of aromatic nitrogens is 1. The van der Waals surface area contributed by atoms with Gasteiger partial charge in [0, 0.05) is 23.1 Å². The average molecular weight is 216 g/mol. The van der Waals surface area contributed by atoms with Gasteiger partial charge >= 0.3 is 0 Å². The Hall–Kier alpha value is -1.28. The second kappa shape index (κ2) is 4.71. The summed E-state index contributed by atoms with van der Waals surface area (Å²) in [5.41, 5.74) is 2.66. The molecular weight excluding hydrogens is 196 g/mol. The molecule has 0 fully saturated rings. The zero-order valence-corrected chi connectivity index (χ0v) is 10.3. The van der Waals surface area contributed by atoms with Crippen molar-refractivity contribution in [1.82, 2.24) is 9.88 Å². The number of H-pyrrole nitrogens is 1. The molecule has 1 N–H and O–H groups in total. The van der Waals surface area contributed by atoms with Gasteiger partial charge in [0.2, 0.25) is 0 Å². The number of hydrogen-bond acceptors (Lipinski definition) is 1. The maximum Gasteiger partial charge on any atom is 0.0456 e. The number of fused-ring (bicyclic) bond motifs is 1. The maximum atomic E-state index is 3.33. The molecule has 2 aromatic rings. The van der Waals surface area contributed by atoms with E-state index in [-0.39, 0.29) is 0 Å². The van der Waals surface area contributed by atoms with Crippen molar-refractivity contribution in [2.75, 3.05) is 13.6 Å². The molecule has 86 valence electrons. The molecule has 0 bridgehead atoms. The highest BCUT2D eigenvalue weighted by Gasteiger charge is 2.10. The highest BCUT2D eigenvalue weighted by atomic mass is 15.1. The van der Waals surface area contributed by atoms with Crippen LogP contribution in [0.1, 0.15) is 19.4 Å². The molecule has 0 aliphatic heterocycles. The van der Waals surface area contributed by atoms with Gasteiger partial charge < -0.3 is 9.88 Å². The largest absolute Gasteiger partial charge is 0.361 e. The first-order valence-electron chi connectivity index (χ1n) is 5.97. The van der Waals surface area contributed by atoms with Gasteiger partial charge in [-0.1, -0.05) is 25.1 Å². The topological polar surface area (TPSA) is 19.0 Å². The van der Waals surface area contributed by atoms with E-state index in [0.717, 1.165) is 13.0 Å². The SMILES string of the molecule is CCN(C)C(C)Cc1c[nH]c2ccccc12. The van der Waals surface area contributed by atoms with Crippen LogP contribution in [-0.2, 0) is 6.42 Å². The molecule has 2 nitrogen and oxygen atoms in total. The summed E-state index contributed by atoms with van der Waals surface area (Å²) in [4.78, 5) is 5.71. The second-order valence-corrected chi connectivity index (χ2v) is 4.49. The van der Waals surface area contributed by atoms with E-state index in [1.807, 2.05) is 0 Å². The molecule has 0 amide bonds. The van der Waals surface area contributed by atoms with Crippen LogP contribution in [0.5, 0.6) is 0 Å². The van der Waals surface area contributed by atoms with Gasteiger partial charge in [0.15, 0.2) is 0 Å². The van der Waals surface area contributed by atoms with Gasteiger partial charge in [-0.15, -0.1) is 0 Å². The molecule has 0 aliphatic rings. The third-order valence-corrected chi connectivity index (χ3v) is 3.44. The lowest BCUT2D eigenvalue weighted by Gasteiger charge is -2.22. The highest BCUT2D eigenvalue weighted by molar-refractivity contribution is 5.83. The standard InChI is InChI=1S/C14H20N2/c1-4-16(3)11(2)9-12-10-15-14-8-6-5-7-13(12)14/h5-8,10-11,15H,4,9H2,1-3H3. The molecular formula is C14H20N2. The molecule has 2 heteroatoms. The van der Waals surface area contributed by atoms with Crippen LogP contribution in [0.25, 0.3) is 10.9 Å². The lowest BCUT2D eigenvalue weighted by atomic mass is 10.1. The lowest BCUT2D eigenvalue weighted by molar-refractivity contribution is 0.270. The Morgan fingerprint density at radius 1 is 1.31 bits per heavy atom. The average Bonchev–Trinajstić information content (AvgIpc) is 2.72. The van der Waals surface area contributed by atoms with E-state index in [1.54, 1.807) is 0 Å². The van der Waals surface area contributed by atoms with E-state index in [0.29, 0.717) is 6.04 Å². The fourth-order valence-corrected chi connectivity index (χ4v) is 2.09. The summed E-state index contributed by atoms with van der Waals surface area (Å²) in [6.45, 7) is 5.58. The fraction of sp³-hybridized carbons (Fsp3) is 0.429.